The molecule has 95 valence electrons. The molecule has 20 heavy (non-hydrogen) atoms. The van der Waals surface area contributed by atoms with E-state index in [0.29, 0.717) is 0 Å². The van der Waals surface area contributed by atoms with Crippen molar-refractivity contribution in [3.8, 4) is 0 Å². The highest BCUT2D eigenvalue weighted by Gasteiger charge is 2.06. The quantitative estimate of drug-likeness (QED) is 0.598. The van der Waals surface area contributed by atoms with Crippen LogP contribution in [0.15, 0.2) is 54.6 Å². The summed E-state index contributed by atoms with van der Waals surface area (Å²) in [5.41, 5.74) is 4.20. The van der Waals surface area contributed by atoms with Gasteiger partial charge in [0.2, 0.25) is 0 Å². The van der Waals surface area contributed by atoms with E-state index in [4.69, 9.17) is 0 Å². The number of aromatic nitrogens is 3. The molecular weight excluding hydrogens is 246 g/mol. The molecule has 3 aromatic carbocycles. The second-order valence-electron chi connectivity index (χ2n) is 4.89. The average Bonchev–Trinajstić information content (AvgIpc) is 2.97. The van der Waals surface area contributed by atoms with Crippen LogP contribution in [-0.2, 0) is 6.42 Å². The molecule has 0 spiro atoms. The summed E-state index contributed by atoms with van der Waals surface area (Å²) in [6.45, 7) is 0. The Labute approximate surface area is 116 Å². The zero-order valence-electron chi connectivity index (χ0n) is 10.8. The third-order valence-electron chi connectivity index (χ3n) is 3.56. The molecule has 3 nitrogen and oxygen atoms in total. The summed E-state index contributed by atoms with van der Waals surface area (Å²) in [5.74, 6) is 0. The van der Waals surface area contributed by atoms with E-state index in [1.54, 1.807) is 0 Å². The normalized spacial score (nSPS) is 11.2. The molecule has 0 aliphatic rings. The third-order valence-corrected chi connectivity index (χ3v) is 3.56. The Morgan fingerprint density at radius 2 is 1.90 bits per heavy atom. The zero-order chi connectivity index (χ0) is 13.4. The Hall–Kier alpha value is -2.68. The topological polar surface area (TPSA) is 41.6 Å². The molecule has 0 aliphatic carbocycles. The molecule has 0 unspecified atom stereocenters. The van der Waals surface area contributed by atoms with Crippen molar-refractivity contribution in [1.29, 1.82) is 0 Å². The molecule has 1 aromatic heterocycles. The highest BCUT2D eigenvalue weighted by Crippen LogP contribution is 2.20. The molecule has 0 saturated heterocycles. The average molecular weight is 258 g/mol. The fraction of sp³-hybridized carbons (Fsp3) is 0.0588. The first-order valence-electron chi connectivity index (χ1n) is 6.58. The summed E-state index contributed by atoms with van der Waals surface area (Å²) >= 11 is 0. The molecule has 3 heteroatoms. The van der Waals surface area contributed by atoms with Crippen LogP contribution in [0.3, 0.4) is 0 Å². The highest BCUT2D eigenvalue weighted by atomic mass is 15.3. The predicted molar refractivity (Wildman–Crippen MR) is 79.5 cm³/mol. The van der Waals surface area contributed by atoms with Crippen LogP contribution in [0.25, 0.3) is 21.8 Å². The Bertz CT molecular complexity index is 893. The van der Waals surface area contributed by atoms with Crippen molar-refractivity contribution >= 4 is 21.8 Å². The van der Waals surface area contributed by atoms with Gasteiger partial charge >= 0.3 is 0 Å². The van der Waals surface area contributed by atoms with Gasteiger partial charge in [-0.1, -0.05) is 53.7 Å². The van der Waals surface area contributed by atoms with Crippen molar-refractivity contribution in [3.05, 3.63) is 71.8 Å². The maximum atomic E-state index is 4.14. The Balaban J connectivity index is 1.78. The van der Waals surface area contributed by atoms with E-state index < -0.39 is 0 Å². The van der Waals surface area contributed by atoms with Gasteiger partial charge in [-0.2, -0.15) is 0 Å². The lowest BCUT2D eigenvalue weighted by atomic mass is 10.0. The van der Waals surface area contributed by atoms with Crippen LogP contribution in [0.5, 0.6) is 0 Å². The van der Waals surface area contributed by atoms with Gasteiger partial charge in [0.25, 0.3) is 0 Å². The van der Waals surface area contributed by atoms with Crippen LogP contribution >= 0.6 is 0 Å². The van der Waals surface area contributed by atoms with Gasteiger partial charge in [0.15, 0.2) is 0 Å². The number of hydrogen-bond acceptors (Lipinski definition) is 2. The minimum Gasteiger partial charge on any atom is -0.258 e. The molecule has 0 amide bonds. The van der Waals surface area contributed by atoms with Crippen LogP contribution < -0.4 is 0 Å². The first-order valence-corrected chi connectivity index (χ1v) is 6.58. The summed E-state index contributed by atoms with van der Waals surface area (Å²) in [7, 11) is 0. The lowest BCUT2D eigenvalue weighted by Gasteiger charge is -2.04. The largest absolute Gasteiger partial charge is 0.258 e. The minimum absolute atomic E-state index is 0.814. The second-order valence-corrected chi connectivity index (χ2v) is 4.89. The summed E-state index contributed by atoms with van der Waals surface area (Å²) < 4.78 is 0. The van der Waals surface area contributed by atoms with E-state index in [0.717, 1.165) is 23.0 Å². The Morgan fingerprint density at radius 1 is 1.00 bits per heavy atom. The fourth-order valence-electron chi connectivity index (χ4n) is 2.56. The van der Waals surface area contributed by atoms with E-state index in [2.05, 4.69) is 63.9 Å². The number of H-pyrrole nitrogens is 1. The molecule has 0 aliphatic heterocycles. The van der Waals surface area contributed by atoms with Crippen molar-refractivity contribution in [1.82, 2.24) is 15.4 Å². The molecule has 0 atom stereocenters. The molecular formula is C17H12N3. The second kappa shape index (κ2) is 4.46. The van der Waals surface area contributed by atoms with E-state index in [1.165, 1.54) is 16.3 Å². The Kier molecular flexibility index (Phi) is 2.49. The molecule has 0 fully saturated rings. The first kappa shape index (κ1) is 11.2. The summed E-state index contributed by atoms with van der Waals surface area (Å²) in [6.07, 6.45) is 0.814. The minimum atomic E-state index is 0.814. The lowest BCUT2D eigenvalue weighted by molar-refractivity contribution is 0.957. The van der Waals surface area contributed by atoms with Gasteiger partial charge < -0.3 is 0 Å². The maximum Gasteiger partial charge on any atom is 0.117 e. The van der Waals surface area contributed by atoms with Gasteiger partial charge in [-0.3, -0.25) is 5.10 Å². The lowest BCUT2D eigenvalue weighted by Crippen LogP contribution is -1.90. The smallest absolute Gasteiger partial charge is 0.117 e. The predicted octanol–water partition coefficient (Wildman–Crippen LogP) is 3.50. The molecule has 1 radical (unpaired) electrons. The summed E-state index contributed by atoms with van der Waals surface area (Å²) in [5, 5.41) is 13.4. The standard InChI is InChI=1S/C17H12N3/c1-2-5-14-10-12(8-9-13(14)4-1)11-15-6-3-7-16-17(15)19-20-18-16/h1-5,7-10H,11H2,(H,18,19,20). The third kappa shape index (κ3) is 1.84. The van der Waals surface area contributed by atoms with Crippen LogP contribution in [0.4, 0.5) is 0 Å². The molecule has 1 heterocycles. The van der Waals surface area contributed by atoms with E-state index >= 15 is 0 Å². The van der Waals surface area contributed by atoms with Crippen LogP contribution in [0, 0.1) is 6.07 Å². The SMILES string of the molecule is [c]1ccc2[nH]nnc2c1Cc1ccc2ccccc2c1. The van der Waals surface area contributed by atoms with Gasteiger partial charge in [0.1, 0.15) is 5.52 Å². The van der Waals surface area contributed by atoms with Crippen molar-refractivity contribution in [2.75, 3.05) is 0 Å². The van der Waals surface area contributed by atoms with Crippen molar-refractivity contribution < 1.29 is 0 Å². The van der Waals surface area contributed by atoms with Crippen molar-refractivity contribution in [2.24, 2.45) is 0 Å². The van der Waals surface area contributed by atoms with E-state index in [-0.39, 0.29) is 0 Å². The van der Waals surface area contributed by atoms with Crippen LogP contribution in [0.1, 0.15) is 11.1 Å². The van der Waals surface area contributed by atoms with Crippen molar-refractivity contribution in [3.63, 3.8) is 0 Å². The van der Waals surface area contributed by atoms with E-state index in [9.17, 15) is 0 Å². The number of nitrogens with one attached hydrogen (secondary N) is 1. The number of aromatic amines is 1. The van der Waals surface area contributed by atoms with Gasteiger partial charge in [-0.15, -0.1) is 5.10 Å². The number of fused-ring (bicyclic) bond motifs is 2. The van der Waals surface area contributed by atoms with Crippen LogP contribution in [-0.4, -0.2) is 15.4 Å². The highest BCUT2D eigenvalue weighted by molar-refractivity contribution is 5.83. The summed E-state index contributed by atoms with van der Waals surface area (Å²) in [6, 6.07) is 22.1. The molecule has 1 N–H and O–H groups in total. The van der Waals surface area contributed by atoms with E-state index in [1.807, 2.05) is 12.1 Å². The first-order chi connectivity index (χ1) is 9.90. The molecule has 4 rings (SSSR count). The molecule has 0 saturated carbocycles. The number of hydrogen-bond donors (Lipinski definition) is 1. The fourth-order valence-corrected chi connectivity index (χ4v) is 2.56. The molecule has 0 bridgehead atoms. The number of benzene rings is 3. The number of nitrogens with zero attached hydrogens (tertiary/aromatic N) is 2. The number of rotatable bonds is 2. The van der Waals surface area contributed by atoms with Crippen molar-refractivity contribution in [2.45, 2.75) is 6.42 Å². The molecule has 4 aromatic rings. The monoisotopic (exact) mass is 258 g/mol. The zero-order valence-corrected chi connectivity index (χ0v) is 10.8. The Morgan fingerprint density at radius 3 is 2.85 bits per heavy atom. The van der Waals surface area contributed by atoms with Gasteiger partial charge in [0, 0.05) is 6.42 Å². The summed E-state index contributed by atoms with van der Waals surface area (Å²) in [4.78, 5) is 0. The van der Waals surface area contributed by atoms with Gasteiger partial charge in [-0.05, 0) is 34.0 Å². The maximum absolute atomic E-state index is 4.14. The van der Waals surface area contributed by atoms with Crippen LogP contribution in [0.2, 0.25) is 0 Å². The van der Waals surface area contributed by atoms with Gasteiger partial charge in [0.05, 0.1) is 5.52 Å². The van der Waals surface area contributed by atoms with Gasteiger partial charge in [-0.25, -0.2) is 0 Å².